The Morgan fingerprint density at radius 2 is 2.00 bits per heavy atom. The van der Waals surface area contributed by atoms with Gasteiger partial charge in [-0.3, -0.25) is 14.2 Å². The smallest absolute Gasteiger partial charge is 0.269 e. The number of carbonyl (C=O) groups excluding carboxylic acids is 1. The predicted molar refractivity (Wildman–Crippen MR) is 96.0 cm³/mol. The molecule has 132 valence electrons. The van der Waals surface area contributed by atoms with Crippen LogP contribution in [0.4, 0.5) is 4.39 Å². The summed E-state index contributed by atoms with van der Waals surface area (Å²) in [7, 11) is 0. The van der Waals surface area contributed by atoms with Gasteiger partial charge in [-0.25, -0.2) is 9.37 Å². The van der Waals surface area contributed by atoms with Gasteiger partial charge in [-0.2, -0.15) is 0 Å². The summed E-state index contributed by atoms with van der Waals surface area (Å²) in [4.78, 5) is 31.1. The molecular weight excluding hydrogens is 333 g/mol. The van der Waals surface area contributed by atoms with Crippen molar-refractivity contribution in [1.29, 1.82) is 0 Å². The Hall–Kier alpha value is -3.02. The maximum absolute atomic E-state index is 13.5. The molecule has 0 aliphatic heterocycles. The lowest BCUT2D eigenvalue weighted by Gasteiger charge is -2.23. The number of amides is 1. The SMILES string of the molecule is O=C(Cn1c(=O)cnc2ccccc21)N(Cc1cccc(F)c1)C1CC1. The summed E-state index contributed by atoms with van der Waals surface area (Å²) in [6, 6.07) is 13.7. The second kappa shape index (κ2) is 6.71. The average molecular weight is 351 g/mol. The number of halogens is 1. The highest BCUT2D eigenvalue weighted by Gasteiger charge is 2.32. The average Bonchev–Trinajstić information content (AvgIpc) is 3.47. The van der Waals surface area contributed by atoms with Crippen LogP contribution in [0.5, 0.6) is 0 Å². The van der Waals surface area contributed by atoms with Crippen molar-refractivity contribution in [3.8, 4) is 0 Å². The van der Waals surface area contributed by atoms with E-state index >= 15 is 0 Å². The predicted octanol–water partition coefficient (Wildman–Crippen LogP) is 2.73. The molecule has 1 aromatic heterocycles. The summed E-state index contributed by atoms with van der Waals surface area (Å²) in [5, 5.41) is 0. The van der Waals surface area contributed by atoms with Gasteiger partial charge in [0.1, 0.15) is 12.4 Å². The minimum absolute atomic E-state index is 0.0479. The normalized spacial score (nSPS) is 13.7. The van der Waals surface area contributed by atoms with E-state index in [0.29, 0.717) is 17.6 Å². The van der Waals surface area contributed by atoms with E-state index in [2.05, 4.69) is 4.98 Å². The van der Waals surface area contributed by atoms with Crippen LogP contribution in [0.1, 0.15) is 18.4 Å². The minimum Gasteiger partial charge on any atom is -0.334 e. The third kappa shape index (κ3) is 3.35. The fourth-order valence-electron chi connectivity index (χ4n) is 3.14. The fraction of sp³-hybridized carbons (Fsp3) is 0.250. The second-order valence-electron chi connectivity index (χ2n) is 6.55. The molecule has 0 saturated heterocycles. The lowest BCUT2D eigenvalue weighted by atomic mass is 10.2. The number of aromatic nitrogens is 2. The molecule has 0 bridgehead atoms. The van der Waals surface area contributed by atoms with Gasteiger partial charge in [-0.1, -0.05) is 24.3 Å². The highest BCUT2D eigenvalue weighted by molar-refractivity contribution is 5.80. The van der Waals surface area contributed by atoms with Gasteiger partial charge in [-0.05, 0) is 42.7 Å². The first-order chi connectivity index (χ1) is 12.6. The molecule has 6 heteroatoms. The largest absolute Gasteiger partial charge is 0.334 e. The molecule has 4 rings (SSSR count). The number of fused-ring (bicyclic) bond motifs is 1. The molecule has 2 aromatic carbocycles. The fourth-order valence-corrected chi connectivity index (χ4v) is 3.14. The Balaban J connectivity index is 1.62. The molecule has 0 spiro atoms. The minimum atomic E-state index is -0.318. The summed E-state index contributed by atoms with van der Waals surface area (Å²) in [5.41, 5.74) is 1.74. The van der Waals surface area contributed by atoms with Gasteiger partial charge >= 0.3 is 0 Å². The van der Waals surface area contributed by atoms with Crippen LogP contribution in [-0.4, -0.2) is 26.4 Å². The highest BCUT2D eigenvalue weighted by Crippen LogP contribution is 2.29. The van der Waals surface area contributed by atoms with Crippen molar-refractivity contribution in [1.82, 2.24) is 14.5 Å². The zero-order valence-electron chi connectivity index (χ0n) is 14.1. The molecule has 0 radical (unpaired) electrons. The number of carbonyl (C=O) groups is 1. The van der Waals surface area contributed by atoms with Gasteiger partial charge in [0.25, 0.3) is 5.56 Å². The van der Waals surface area contributed by atoms with E-state index in [1.54, 1.807) is 29.2 Å². The zero-order valence-corrected chi connectivity index (χ0v) is 14.1. The molecule has 0 atom stereocenters. The summed E-state index contributed by atoms with van der Waals surface area (Å²) in [6.45, 7) is 0.298. The van der Waals surface area contributed by atoms with Gasteiger partial charge in [-0.15, -0.1) is 0 Å². The quantitative estimate of drug-likeness (QED) is 0.710. The number of hydrogen-bond acceptors (Lipinski definition) is 3. The molecule has 1 heterocycles. The van der Waals surface area contributed by atoms with E-state index in [9.17, 15) is 14.0 Å². The van der Waals surface area contributed by atoms with Gasteiger partial charge in [0, 0.05) is 12.6 Å². The number of benzene rings is 2. The molecule has 3 aromatic rings. The first-order valence-electron chi connectivity index (χ1n) is 8.60. The van der Waals surface area contributed by atoms with E-state index in [1.807, 2.05) is 12.1 Å². The maximum Gasteiger partial charge on any atom is 0.269 e. The van der Waals surface area contributed by atoms with E-state index in [4.69, 9.17) is 0 Å². The molecule has 26 heavy (non-hydrogen) atoms. The van der Waals surface area contributed by atoms with Crippen LogP contribution in [-0.2, 0) is 17.9 Å². The second-order valence-corrected chi connectivity index (χ2v) is 6.55. The van der Waals surface area contributed by atoms with Crippen LogP contribution in [0.15, 0.2) is 59.5 Å². The number of para-hydroxylation sites is 2. The van der Waals surface area contributed by atoms with Crippen molar-refractivity contribution < 1.29 is 9.18 Å². The van der Waals surface area contributed by atoms with Crippen molar-refractivity contribution in [3.05, 3.63) is 76.5 Å². The van der Waals surface area contributed by atoms with Crippen molar-refractivity contribution in [2.75, 3.05) is 0 Å². The van der Waals surface area contributed by atoms with Crippen molar-refractivity contribution >= 4 is 16.9 Å². The van der Waals surface area contributed by atoms with Crippen LogP contribution < -0.4 is 5.56 Å². The van der Waals surface area contributed by atoms with Gasteiger partial charge in [0.2, 0.25) is 5.91 Å². The van der Waals surface area contributed by atoms with E-state index in [-0.39, 0.29) is 29.9 Å². The summed E-state index contributed by atoms with van der Waals surface area (Å²) in [5.74, 6) is -0.461. The third-order valence-electron chi connectivity index (χ3n) is 4.60. The van der Waals surface area contributed by atoms with Crippen LogP contribution >= 0.6 is 0 Å². The van der Waals surface area contributed by atoms with E-state index in [0.717, 1.165) is 18.4 Å². The van der Waals surface area contributed by atoms with Crippen LogP contribution in [0.3, 0.4) is 0 Å². The van der Waals surface area contributed by atoms with Crippen molar-refractivity contribution in [2.24, 2.45) is 0 Å². The number of nitrogens with zero attached hydrogens (tertiary/aromatic N) is 3. The molecule has 1 aliphatic rings. The molecule has 5 nitrogen and oxygen atoms in total. The lowest BCUT2D eigenvalue weighted by Crippen LogP contribution is -2.37. The molecule has 1 amide bonds. The Kier molecular flexibility index (Phi) is 4.24. The molecule has 0 N–H and O–H groups in total. The van der Waals surface area contributed by atoms with Crippen molar-refractivity contribution in [3.63, 3.8) is 0 Å². The monoisotopic (exact) mass is 351 g/mol. The Bertz CT molecular complexity index is 1030. The van der Waals surface area contributed by atoms with Crippen LogP contribution in [0.25, 0.3) is 11.0 Å². The topological polar surface area (TPSA) is 55.2 Å². The first-order valence-corrected chi connectivity index (χ1v) is 8.60. The van der Waals surface area contributed by atoms with Gasteiger partial charge < -0.3 is 4.90 Å². The molecule has 0 unspecified atom stereocenters. The Morgan fingerprint density at radius 3 is 2.77 bits per heavy atom. The van der Waals surface area contributed by atoms with Gasteiger partial charge in [0.05, 0.1) is 17.2 Å². The maximum atomic E-state index is 13.5. The summed E-state index contributed by atoms with van der Waals surface area (Å²) in [6.07, 6.45) is 3.11. The summed E-state index contributed by atoms with van der Waals surface area (Å²) >= 11 is 0. The molecule has 1 saturated carbocycles. The highest BCUT2D eigenvalue weighted by atomic mass is 19.1. The third-order valence-corrected chi connectivity index (χ3v) is 4.60. The van der Waals surface area contributed by atoms with Crippen LogP contribution in [0.2, 0.25) is 0 Å². The van der Waals surface area contributed by atoms with Crippen molar-refractivity contribution in [2.45, 2.75) is 32.0 Å². The first kappa shape index (κ1) is 16.4. The molecule has 1 fully saturated rings. The molecule has 1 aliphatic carbocycles. The number of rotatable bonds is 5. The standard InChI is InChI=1S/C20H18FN3O2/c21-15-5-3-4-14(10-15)12-23(16-8-9-16)20(26)13-24-18-7-2-1-6-17(18)22-11-19(24)25/h1-7,10-11,16H,8-9,12-13H2. The Labute approximate surface area is 149 Å². The van der Waals surface area contributed by atoms with E-state index in [1.165, 1.54) is 22.9 Å². The van der Waals surface area contributed by atoms with E-state index < -0.39 is 0 Å². The lowest BCUT2D eigenvalue weighted by molar-refractivity contribution is -0.133. The van der Waals surface area contributed by atoms with Gasteiger partial charge in [0.15, 0.2) is 0 Å². The molecular formula is C20H18FN3O2. The number of hydrogen-bond donors (Lipinski definition) is 0. The Morgan fingerprint density at radius 1 is 1.19 bits per heavy atom. The van der Waals surface area contributed by atoms with Crippen LogP contribution in [0, 0.1) is 5.82 Å². The zero-order chi connectivity index (χ0) is 18.1. The summed E-state index contributed by atoms with van der Waals surface area (Å²) < 4.78 is 14.9.